The fraction of sp³-hybridized carbons (Fsp3) is 0.818. The quantitative estimate of drug-likeness (QED) is 0.713. The van der Waals surface area contributed by atoms with Gasteiger partial charge in [-0.3, -0.25) is 0 Å². The Balaban J connectivity index is 3.84. The van der Waals surface area contributed by atoms with Crippen LogP contribution in [0, 0.1) is 11.3 Å². The highest BCUT2D eigenvalue weighted by molar-refractivity contribution is 4.95. The molecule has 1 atom stereocenters. The largest absolute Gasteiger partial charge is 0.386 e. The first-order chi connectivity index (χ1) is 5.75. The predicted octanol–water partition coefficient (Wildman–Crippen LogP) is 3.13. The van der Waals surface area contributed by atoms with Crippen molar-refractivity contribution in [3.63, 3.8) is 0 Å². The molecule has 1 unspecified atom stereocenters. The van der Waals surface area contributed by atoms with Gasteiger partial charge in [0.2, 0.25) is 0 Å². The van der Waals surface area contributed by atoms with Crippen molar-refractivity contribution in [1.82, 2.24) is 5.32 Å². The molecule has 0 amide bonds. The third-order valence-electron chi connectivity index (χ3n) is 2.14. The second kappa shape index (κ2) is 4.64. The van der Waals surface area contributed by atoms with Gasteiger partial charge < -0.3 is 5.32 Å². The van der Waals surface area contributed by atoms with E-state index in [4.69, 9.17) is 0 Å². The number of hydrogen-bond acceptors (Lipinski definition) is 1. The highest BCUT2D eigenvalue weighted by atomic mass is 19.1. The molecule has 0 saturated heterocycles. The zero-order chi connectivity index (χ0) is 10.6. The number of nitrogens with one attached hydrogen (secondary N) is 1. The van der Waals surface area contributed by atoms with Gasteiger partial charge in [0.1, 0.15) is 6.17 Å². The maximum atomic E-state index is 13.4. The lowest BCUT2D eigenvalue weighted by Crippen LogP contribution is -2.33. The van der Waals surface area contributed by atoms with Gasteiger partial charge in [-0.2, -0.15) is 0 Å². The van der Waals surface area contributed by atoms with Crippen LogP contribution in [0.1, 0.15) is 34.6 Å². The molecule has 0 bridgehead atoms. The van der Waals surface area contributed by atoms with Gasteiger partial charge in [0.25, 0.3) is 0 Å². The summed E-state index contributed by atoms with van der Waals surface area (Å²) < 4.78 is 13.4. The smallest absolute Gasteiger partial charge is 0.122 e. The van der Waals surface area contributed by atoms with Gasteiger partial charge in [-0.1, -0.05) is 41.2 Å². The summed E-state index contributed by atoms with van der Waals surface area (Å²) in [6.07, 6.45) is -0.831. The summed E-state index contributed by atoms with van der Waals surface area (Å²) in [5.41, 5.74) is 0.622. The minimum Gasteiger partial charge on any atom is -0.386 e. The Kier molecular flexibility index (Phi) is 4.45. The molecule has 0 aromatic carbocycles. The topological polar surface area (TPSA) is 12.0 Å². The van der Waals surface area contributed by atoms with Crippen LogP contribution in [-0.4, -0.2) is 12.7 Å². The maximum absolute atomic E-state index is 13.4. The Bertz CT molecular complexity index is 167. The first kappa shape index (κ1) is 12.5. The molecule has 1 nitrogen and oxygen atoms in total. The van der Waals surface area contributed by atoms with E-state index in [2.05, 4.69) is 11.9 Å². The van der Waals surface area contributed by atoms with Crippen LogP contribution >= 0.6 is 0 Å². The predicted molar refractivity (Wildman–Crippen MR) is 56.3 cm³/mol. The van der Waals surface area contributed by atoms with E-state index in [1.807, 2.05) is 34.6 Å². The molecule has 0 heterocycles. The minimum absolute atomic E-state index is 0.287. The van der Waals surface area contributed by atoms with Crippen LogP contribution in [0.25, 0.3) is 0 Å². The van der Waals surface area contributed by atoms with Crippen LogP contribution in [0.3, 0.4) is 0 Å². The van der Waals surface area contributed by atoms with E-state index in [0.717, 1.165) is 5.70 Å². The SMILES string of the molecule is C=C(NCC(F)C(C)(C)C)C(C)C. The molecule has 2 heteroatoms. The normalized spacial score (nSPS) is 14.4. The van der Waals surface area contributed by atoms with Crippen LogP contribution in [0.5, 0.6) is 0 Å². The molecule has 0 aromatic heterocycles. The van der Waals surface area contributed by atoms with Gasteiger partial charge in [-0.05, 0) is 11.3 Å². The van der Waals surface area contributed by atoms with Gasteiger partial charge in [-0.15, -0.1) is 0 Å². The third-order valence-corrected chi connectivity index (χ3v) is 2.14. The molecule has 0 aliphatic rings. The van der Waals surface area contributed by atoms with E-state index in [1.54, 1.807) is 0 Å². The molecule has 0 rings (SSSR count). The van der Waals surface area contributed by atoms with Crippen molar-refractivity contribution in [1.29, 1.82) is 0 Å². The molecule has 0 fully saturated rings. The summed E-state index contributed by atoms with van der Waals surface area (Å²) in [6.45, 7) is 14.0. The van der Waals surface area contributed by atoms with E-state index in [-0.39, 0.29) is 5.41 Å². The van der Waals surface area contributed by atoms with E-state index in [9.17, 15) is 4.39 Å². The number of allylic oxidation sites excluding steroid dienone is 1. The highest BCUT2D eigenvalue weighted by Crippen LogP contribution is 2.21. The zero-order valence-corrected chi connectivity index (χ0v) is 9.45. The Morgan fingerprint density at radius 3 is 2.15 bits per heavy atom. The number of alkyl halides is 1. The fourth-order valence-corrected chi connectivity index (χ4v) is 0.731. The van der Waals surface area contributed by atoms with Crippen molar-refractivity contribution in [2.75, 3.05) is 6.54 Å². The van der Waals surface area contributed by atoms with Crippen molar-refractivity contribution in [2.45, 2.75) is 40.8 Å². The molecular formula is C11H22FN. The monoisotopic (exact) mass is 187 g/mol. The lowest BCUT2D eigenvalue weighted by molar-refractivity contribution is 0.161. The second-order valence-electron chi connectivity index (χ2n) is 4.89. The molecule has 0 radical (unpaired) electrons. The molecule has 0 saturated carbocycles. The van der Waals surface area contributed by atoms with Crippen molar-refractivity contribution < 1.29 is 4.39 Å². The van der Waals surface area contributed by atoms with Gasteiger partial charge in [0, 0.05) is 12.2 Å². The van der Waals surface area contributed by atoms with E-state index in [0.29, 0.717) is 12.5 Å². The van der Waals surface area contributed by atoms with Crippen LogP contribution in [0.15, 0.2) is 12.3 Å². The molecule has 0 aliphatic heterocycles. The molecule has 0 aliphatic carbocycles. The van der Waals surface area contributed by atoms with Gasteiger partial charge >= 0.3 is 0 Å². The average Bonchev–Trinajstić information content (AvgIpc) is 1.97. The fourth-order valence-electron chi connectivity index (χ4n) is 0.731. The summed E-state index contributed by atoms with van der Waals surface area (Å²) in [5, 5.41) is 3.02. The summed E-state index contributed by atoms with van der Waals surface area (Å²) in [4.78, 5) is 0. The van der Waals surface area contributed by atoms with Gasteiger partial charge in [0.15, 0.2) is 0 Å². The van der Waals surface area contributed by atoms with Gasteiger partial charge in [-0.25, -0.2) is 4.39 Å². The maximum Gasteiger partial charge on any atom is 0.122 e. The third kappa shape index (κ3) is 4.91. The number of rotatable bonds is 4. The Morgan fingerprint density at radius 2 is 1.85 bits per heavy atom. The van der Waals surface area contributed by atoms with Crippen molar-refractivity contribution >= 4 is 0 Å². The second-order valence-corrected chi connectivity index (χ2v) is 4.89. The Labute approximate surface area is 81.4 Å². The lowest BCUT2D eigenvalue weighted by Gasteiger charge is -2.25. The van der Waals surface area contributed by atoms with E-state index >= 15 is 0 Å². The highest BCUT2D eigenvalue weighted by Gasteiger charge is 2.23. The van der Waals surface area contributed by atoms with Crippen LogP contribution in [0.4, 0.5) is 4.39 Å². The van der Waals surface area contributed by atoms with E-state index in [1.165, 1.54) is 0 Å². The molecule has 0 spiro atoms. The average molecular weight is 187 g/mol. The molecule has 0 aromatic rings. The lowest BCUT2D eigenvalue weighted by atomic mass is 9.90. The summed E-state index contributed by atoms with van der Waals surface area (Å²) >= 11 is 0. The van der Waals surface area contributed by atoms with Crippen LogP contribution < -0.4 is 5.32 Å². The van der Waals surface area contributed by atoms with Crippen molar-refractivity contribution in [3.8, 4) is 0 Å². The standard InChI is InChI=1S/C11H22FN/c1-8(2)9(3)13-7-10(12)11(4,5)6/h8,10,13H,3,7H2,1-2,4-6H3. The van der Waals surface area contributed by atoms with Crippen LogP contribution in [-0.2, 0) is 0 Å². The molecule has 13 heavy (non-hydrogen) atoms. The van der Waals surface area contributed by atoms with Crippen molar-refractivity contribution in [2.24, 2.45) is 11.3 Å². The summed E-state index contributed by atoms with van der Waals surface area (Å²) in [5.74, 6) is 0.368. The molecule has 78 valence electrons. The number of hydrogen-bond donors (Lipinski definition) is 1. The number of halogens is 1. The minimum atomic E-state index is -0.831. The first-order valence-electron chi connectivity index (χ1n) is 4.82. The van der Waals surface area contributed by atoms with Gasteiger partial charge in [0.05, 0.1) is 0 Å². The summed E-state index contributed by atoms with van der Waals surface area (Å²) in [6, 6.07) is 0. The first-order valence-corrected chi connectivity index (χ1v) is 4.82. The zero-order valence-electron chi connectivity index (χ0n) is 9.45. The van der Waals surface area contributed by atoms with E-state index < -0.39 is 6.17 Å². The Morgan fingerprint density at radius 1 is 1.38 bits per heavy atom. The van der Waals surface area contributed by atoms with Crippen LogP contribution in [0.2, 0.25) is 0 Å². The molecule has 1 N–H and O–H groups in total. The Hall–Kier alpha value is -0.530. The summed E-state index contributed by atoms with van der Waals surface area (Å²) in [7, 11) is 0. The molecular weight excluding hydrogens is 165 g/mol. The van der Waals surface area contributed by atoms with Crippen molar-refractivity contribution in [3.05, 3.63) is 12.3 Å².